The molecule has 12 heavy (non-hydrogen) atoms. The van der Waals surface area contributed by atoms with E-state index >= 15 is 0 Å². The Hall–Kier alpha value is -1.18. The molecule has 2 nitrogen and oxygen atoms in total. The molecule has 0 fully saturated rings. The number of rotatable bonds is 1. The van der Waals surface area contributed by atoms with E-state index in [1.165, 1.54) is 0 Å². The van der Waals surface area contributed by atoms with Gasteiger partial charge in [0.25, 0.3) is 0 Å². The normalized spacial score (nSPS) is 23.3. The molecule has 0 atom stereocenters. The van der Waals surface area contributed by atoms with Crippen LogP contribution >= 0.6 is 0 Å². The van der Waals surface area contributed by atoms with Crippen LogP contribution in [-0.2, 0) is 4.79 Å². The molecule has 0 bridgehead atoms. The topological polar surface area (TPSA) is 40.9 Å². The minimum atomic E-state index is 0.469. The number of nitrogens with one attached hydrogen (secondary N) is 1. The number of allylic oxidation sites excluding steroid dienone is 4. The molecule has 0 amide bonds. The summed E-state index contributed by atoms with van der Waals surface area (Å²) >= 11 is 0. The Morgan fingerprint density at radius 2 is 2.25 bits per heavy atom. The van der Waals surface area contributed by atoms with Crippen LogP contribution in [0.15, 0.2) is 23.8 Å². The summed E-state index contributed by atoms with van der Waals surface area (Å²) in [5.74, 6) is 0. The highest BCUT2D eigenvalue weighted by Crippen LogP contribution is 2.08. The van der Waals surface area contributed by atoms with Crippen molar-refractivity contribution in [2.24, 2.45) is 0 Å². The quantitative estimate of drug-likeness (QED) is 0.592. The summed E-state index contributed by atoms with van der Waals surface area (Å²) in [6.45, 7) is 0. The summed E-state index contributed by atoms with van der Waals surface area (Å²) in [6, 6.07) is 0. The molecule has 0 saturated carbocycles. The van der Waals surface area contributed by atoms with Crippen molar-refractivity contribution < 1.29 is 4.79 Å². The second-order valence-electron chi connectivity index (χ2n) is 2.89. The van der Waals surface area contributed by atoms with Gasteiger partial charge in [-0.3, -0.25) is 4.79 Å². The first-order valence-corrected chi connectivity index (χ1v) is 4.24. The van der Waals surface area contributed by atoms with E-state index in [1.807, 2.05) is 12.2 Å². The van der Waals surface area contributed by atoms with E-state index in [2.05, 4.69) is 0 Å². The van der Waals surface area contributed by atoms with E-state index in [0.717, 1.165) is 32.0 Å². The molecule has 1 aliphatic rings. The number of aldehydes is 1. The van der Waals surface area contributed by atoms with Gasteiger partial charge in [-0.1, -0.05) is 18.2 Å². The highest BCUT2D eigenvalue weighted by molar-refractivity contribution is 6.13. The Bertz CT molecular complexity index is 238. The summed E-state index contributed by atoms with van der Waals surface area (Å²) < 4.78 is 0. The Balaban J connectivity index is 2.75. The highest BCUT2D eigenvalue weighted by Gasteiger charge is 2.03. The van der Waals surface area contributed by atoms with Gasteiger partial charge in [0.1, 0.15) is 0 Å². The predicted molar refractivity (Wildman–Crippen MR) is 49.5 cm³/mol. The first-order valence-electron chi connectivity index (χ1n) is 4.24. The van der Waals surface area contributed by atoms with Crippen molar-refractivity contribution in [2.75, 3.05) is 0 Å². The van der Waals surface area contributed by atoms with Crippen LogP contribution in [0.25, 0.3) is 0 Å². The van der Waals surface area contributed by atoms with Crippen LogP contribution in [0.5, 0.6) is 0 Å². The second kappa shape index (κ2) is 4.65. The smallest absolute Gasteiger partial charge is 0.151 e. The molecular weight excluding hydrogens is 150 g/mol. The van der Waals surface area contributed by atoms with Crippen molar-refractivity contribution in [1.82, 2.24) is 0 Å². The van der Waals surface area contributed by atoms with Gasteiger partial charge in [0, 0.05) is 11.3 Å². The Labute approximate surface area is 72.5 Å². The zero-order valence-electron chi connectivity index (χ0n) is 7.05. The summed E-state index contributed by atoms with van der Waals surface area (Å²) in [7, 11) is 0. The van der Waals surface area contributed by atoms with Gasteiger partial charge in [-0.2, -0.15) is 0 Å². The van der Waals surface area contributed by atoms with Gasteiger partial charge in [0.2, 0.25) is 0 Å². The maximum atomic E-state index is 10.5. The summed E-state index contributed by atoms with van der Waals surface area (Å²) in [5.41, 5.74) is 0.990. The van der Waals surface area contributed by atoms with E-state index in [1.54, 1.807) is 6.08 Å². The van der Waals surface area contributed by atoms with Crippen LogP contribution in [-0.4, -0.2) is 12.0 Å². The van der Waals surface area contributed by atoms with E-state index in [0.29, 0.717) is 11.3 Å². The van der Waals surface area contributed by atoms with Crippen LogP contribution in [0.4, 0.5) is 0 Å². The Morgan fingerprint density at radius 3 is 3.00 bits per heavy atom. The van der Waals surface area contributed by atoms with Gasteiger partial charge in [-0.15, -0.1) is 0 Å². The summed E-state index contributed by atoms with van der Waals surface area (Å²) in [6.07, 6.45) is 10.3. The van der Waals surface area contributed by atoms with Crippen molar-refractivity contribution in [3.63, 3.8) is 0 Å². The first kappa shape index (κ1) is 8.91. The maximum absolute atomic E-state index is 10.5. The molecule has 2 heteroatoms. The average molecular weight is 163 g/mol. The molecule has 0 aromatic carbocycles. The standard InChI is InChI=1S/C10H13NO/c11-10-7-5-3-1-2-4-6-9(10)8-12/h2,4,6,8,11H,1,3,5,7H2/b4-2?,9-6-,11-10?. The van der Waals surface area contributed by atoms with Crippen molar-refractivity contribution in [3.8, 4) is 0 Å². The molecule has 0 spiro atoms. The Morgan fingerprint density at radius 1 is 1.42 bits per heavy atom. The number of hydrogen-bond acceptors (Lipinski definition) is 2. The van der Waals surface area contributed by atoms with Crippen LogP contribution in [0.3, 0.4) is 0 Å². The number of carbonyl (C=O) groups excluding carboxylic acids is 1. The van der Waals surface area contributed by atoms with Crippen LogP contribution in [0.2, 0.25) is 0 Å². The van der Waals surface area contributed by atoms with Crippen molar-refractivity contribution in [2.45, 2.75) is 25.7 Å². The molecule has 0 saturated heterocycles. The molecule has 1 aliphatic carbocycles. The van der Waals surface area contributed by atoms with Gasteiger partial charge in [0.15, 0.2) is 6.29 Å². The third-order valence-corrected chi connectivity index (χ3v) is 1.93. The average Bonchev–Trinajstić information content (AvgIpc) is 2.17. The fourth-order valence-electron chi connectivity index (χ4n) is 1.19. The maximum Gasteiger partial charge on any atom is 0.151 e. The SMILES string of the molecule is N=C1CCCCC=C/C=C\1C=O. The van der Waals surface area contributed by atoms with Crippen LogP contribution in [0, 0.1) is 5.41 Å². The monoisotopic (exact) mass is 163 g/mol. The van der Waals surface area contributed by atoms with Crippen molar-refractivity contribution in [3.05, 3.63) is 23.8 Å². The molecule has 64 valence electrons. The van der Waals surface area contributed by atoms with Gasteiger partial charge < -0.3 is 5.41 Å². The van der Waals surface area contributed by atoms with Crippen LogP contribution in [0.1, 0.15) is 25.7 Å². The molecule has 0 heterocycles. The van der Waals surface area contributed by atoms with E-state index in [4.69, 9.17) is 5.41 Å². The Kier molecular flexibility index (Phi) is 3.45. The lowest BCUT2D eigenvalue weighted by Gasteiger charge is -1.99. The van der Waals surface area contributed by atoms with E-state index < -0.39 is 0 Å². The van der Waals surface area contributed by atoms with E-state index in [9.17, 15) is 4.79 Å². The molecular formula is C10H13NO. The predicted octanol–water partition coefficient (Wildman–Crippen LogP) is 2.26. The van der Waals surface area contributed by atoms with Gasteiger partial charge in [0.05, 0.1) is 0 Å². The second-order valence-corrected chi connectivity index (χ2v) is 2.89. The lowest BCUT2D eigenvalue weighted by molar-refractivity contribution is -0.104. The lowest BCUT2D eigenvalue weighted by Crippen LogP contribution is -2.01. The third-order valence-electron chi connectivity index (χ3n) is 1.93. The van der Waals surface area contributed by atoms with Crippen molar-refractivity contribution in [1.29, 1.82) is 5.41 Å². The van der Waals surface area contributed by atoms with E-state index in [-0.39, 0.29) is 0 Å². The minimum Gasteiger partial charge on any atom is -0.305 e. The van der Waals surface area contributed by atoms with Gasteiger partial charge >= 0.3 is 0 Å². The fourth-order valence-corrected chi connectivity index (χ4v) is 1.19. The van der Waals surface area contributed by atoms with Gasteiger partial charge in [-0.25, -0.2) is 0 Å². The fraction of sp³-hybridized carbons (Fsp3) is 0.400. The van der Waals surface area contributed by atoms with Gasteiger partial charge in [-0.05, 0) is 25.7 Å². The minimum absolute atomic E-state index is 0.469. The zero-order chi connectivity index (χ0) is 8.81. The zero-order valence-corrected chi connectivity index (χ0v) is 7.05. The molecule has 0 aromatic rings. The summed E-state index contributed by atoms with van der Waals surface area (Å²) in [5, 5.41) is 7.55. The third kappa shape index (κ3) is 2.46. The molecule has 1 rings (SSSR count). The summed E-state index contributed by atoms with van der Waals surface area (Å²) in [4.78, 5) is 10.5. The number of carbonyl (C=O) groups is 1. The molecule has 1 N–H and O–H groups in total. The number of hydrogen-bond donors (Lipinski definition) is 1. The lowest BCUT2D eigenvalue weighted by atomic mass is 10.1. The van der Waals surface area contributed by atoms with Crippen LogP contribution < -0.4 is 0 Å². The molecule has 0 aromatic heterocycles. The molecule has 0 radical (unpaired) electrons. The first-order chi connectivity index (χ1) is 5.84. The highest BCUT2D eigenvalue weighted by atomic mass is 16.1. The largest absolute Gasteiger partial charge is 0.305 e. The van der Waals surface area contributed by atoms with Crippen molar-refractivity contribution >= 4 is 12.0 Å². The molecule has 0 aliphatic heterocycles. The molecule has 0 unspecified atom stereocenters.